The topological polar surface area (TPSA) is 39.1 Å². The highest BCUT2D eigenvalue weighted by molar-refractivity contribution is 5.94. The molecule has 3 nitrogen and oxygen atoms in total. The minimum Gasteiger partial charge on any atom is -0.305 e. The van der Waals surface area contributed by atoms with E-state index < -0.39 is 0 Å². The van der Waals surface area contributed by atoms with Crippen molar-refractivity contribution in [3.8, 4) is 11.3 Å². The summed E-state index contributed by atoms with van der Waals surface area (Å²) < 4.78 is 1.85. The molecule has 3 heteroatoms. The monoisotopic (exact) mass is 307 g/mol. The van der Waals surface area contributed by atoms with Crippen LogP contribution in [0.5, 0.6) is 0 Å². The molecule has 0 aliphatic heterocycles. The molecule has 0 amide bonds. The molecule has 1 saturated carbocycles. The van der Waals surface area contributed by atoms with Crippen molar-refractivity contribution < 1.29 is 4.79 Å². The van der Waals surface area contributed by atoms with Crippen LogP contribution in [0.25, 0.3) is 11.3 Å². The average molecular weight is 307 g/mol. The van der Waals surface area contributed by atoms with Crippen LogP contribution >= 0.6 is 0 Å². The van der Waals surface area contributed by atoms with Crippen molar-refractivity contribution in [2.45, 2.75) is 51.5 Å². The second-order valence-electron chi connectivity index (χ2n) is 6.79. The highest BCUT2D eigenvalue weighted by Gasteiger charge is 2.28. The lowest BCUT2D eigenvalue weighted by Gasteiger charge is -2.19. The summed E-state index contributed by atoms with van der Waals surface area (Å²) in [6.07, 6.45) is 6.86. The minimum absolute atomic E-state index is 0.129. The maximum absolute atomic E-state index is 12.7. The van der Waals surface area contributed by atoms with Gasteiger partial charge in [-0.15, -0.1) is 0 Å². The fourth-order valence-electron chi connectivity index (χ4n) is 3.64. The molecule has 2 aliphatic rings. The predicted octanol–water partition coefficient (Wildman–Crippen LogP) is 3.93. The third kappa shape index (κ3) is 2.54. The van der Waals surface area contributed by atoms with Crippen LogP contribution in [0.1, 0.15) is 60.1 Å². The first-order valence-corrected chi connectivity index (χ1v) is 8.54. The van der Waals surface area contributed by atoms with Crippen molar-refractivity contribution in [1.82, 2.24) is 4.57 Å². The normalized spacial score (nSPS) is 16.9. The van der Waals surface area contributed by atoms with Crippen molar-refractivity contribution in [2.24, 2.45) is 0 Å². The lowest BCUT2D eigenvalue weighted by atomic mass is 9.90. The molecule has 0 atom stereocenters. The van der Waals surface area contributed by atoms with Gasteiger partial charge in [0, 0.05) is 6.04 Å². The number of aromatic nitrogens is 1. The van der Waals surface area contributed by atoms with Gasteiger partial charge in [-0.3, -0.25) is 9.59 Å². The molecule has 23 heavy (non-hydrogen) atoms. The SMILES string of the molecule is CC(=O)c1ccc(-c2ccc3c(c2)CCCC3)n(C2CC2)c1=O. The Balaban J connectivity index is 1.87. The second-order valence-corrected chi connectivity index (χ2v) is 6.79. The van der Waals surface area contributed by atoms with Gasteiger partial charge in [-0.2, -0.15) is 0 Å². The number of nitrogens with zero attached hydrogens (tertiary/aromatic N) is 1. The van der Waals surface area contributed by atoms with E-state index in [-0.39, 0.29) is 17.4 Å². The van der Waals surface area contributed by atoms with Crippen LogP contribution in [0.3, 0.4) is 0 Å². The van der Waals surface area contributed by atoms with Gasteiger partial charge >= 0.3 is 0 Å². The smallest absolute Gasteiger partial charge is 0.262 e. The van der Waals surface area contributed by atoms with Crippen molar-refractivity contribution >= 4 is 5.78 Å². The van der Waals surface area contributed by atoms with E-state index in [4.69, 9.17) is 0 Å². The third-order valence-corrected chi connectivity index (χ3v) is 5.05. The van der Waals surface area contributed by atoms with Gasteiger partial charge in [0.05, 0.1) is 11.3 Å². The lowest BCUT2D eigenvalue weighted by Crippen LogP contribution is -2.26. The summed E-state index contributed by atoms with van der Waals surface area (Å²) in [6, 6.07) is 10.5. The standard InChI is InChI=1S/C20H21NO2/c1-13(22)18-10-11-19(21(20(18)23)17-8-9-17)16-7-6-14-4-2-3-5-15(14)12-16/h6-7,10-12,17H,2-5,8-9H2,1H3. The van der Waals surface area contributed by atoms with E-state index in [1.54, 1.807) is 6.07 Å². The van der Waals surface area contributed by atoms with Crippen LogP contribution in [0.15, 0.2) is 35.1 Å². The molecule has 0 spiro atoms. The largest absolute Gasteiger partial charge is 0.305 e. The van der Waals surface area contributed by atoms with Gasteiger partial charge in [0.1, 0.15) is 0 Å². The van der Waals surface area contributed by atoms with E-state index in [1.165, 1.54) is 30.9 Å². The fraction of sp³-hybridized carbons (Fsp3) is 0.400. The number of Topliss-reactive ketones (excluding diaryl/α,β-unsaturated/α-hetero) is 1. The summed E-state index contributed by atoms with van der Waals surface area (Å²) in [4.78, 5) is 24.4. The zero-order valence-electron chi connectivity index (χ0n) is 13.5. The molecule has 4 rings (SSSR count). The number of rotatable bonds is 3. The van der Waals surface area contributed by atoms with Gasteiger partial charge < -0.3 is 4.57 Å². The summed E-state index contributed by atoms with van der Waals surface area (Å²) in [5.74, 6) is -0.151. The number of pyridine rings is 1. The maximum atomic E-state index is 12.7. The highest BCUT2D eigenvalue weighted by Crippen LogP contribution is 2.37. The molecule has 0 N–H and O–H groups in total. The van der Waals surface area contributed by atoms with E-state index in [0.29, 0.717) is 5.56 Å². The van der Waals surface area contributed by atoms with Crippen LogP contribution in [0.2, 0.25) is 0 Å². The Hall–Kier alpha value is -2.16. The zero-order valence-corrected chi connectivity index (χ0v) is 13.5. The quantitative estimate of drug-likeness (QED) is 0.806. The van der Waals surface area contributed by atoms with Crippen LogP contribution in [-0.4, -0.2) is 10.4 Å². The van der Waals surface area contributed by atoms with Crippen LogP contribution in [-0.2, 0) is 12.8 Å². The maximum Gasteiger partial charge on any atom is 0.262 e. The molecule has 0 unspecified atom stereocenters. The van der Waals surface area contributed by atoms with Gasteiger partial charge in [0.15, 0.2) is 5.78 Å². The summed E-state index contributed by atoms with van der Waals surface area (Å²) >= 11 is 0. The summed E-state index contributed by atoms with van der Waals surface area (Å²) in [7, 11) is 0. The highest BCUT2D eigenvalue weighted by atomic mass is 16.1. The molecule has 0 bridgehead atoms. The van der Waals surface area contributed by atoms with Crippen molar-refractivity contribution in [3.63, 3.8) is 0 Å². The molecule has 0 saturated heterocycles. The predicted molar refractivity (Wildman–Crippen MR) is 91.1 cm³/mol. The zero-order chi connectivity index (χ0) is 16.0. The number of fused-ring (bicyclic) bond motifs is 1. The number of benzene rings is 1. The van der Waals surface area contributed by atoms with E-state index in [1.807, 2.05) is 10.6 Å². The van der Waals surface area contributed by atoms with Gasteiger partial charge in [-0.05, 0) is 80.3 Å². The number of carbonyl (C=O) groups excluding carboxylic acids is 1. The van der Waals surface area contributed by atoms with Crippen molar-refractivity contribution in [2.75, 3.05) is 0 Å². The van der Waals surface area contributed by atoms with Gasteiger partial charge in [-0.1, -0.05) is 12.1 Å². The molecule has 1 aromatic carbocycles. The Morgan fingerprint density at radius 2 is 1.78 bits per heavy atom. The molecule has 2 aromatic rings. The molecule has 2 aliphatic carbocycles. The second kappa shape index (κ2) is 5.48. The van der Waals surface area contributed by atoms with E-state index in [9.17, 15) is 9.59 Å². The number of carbonyl (C=O) groups is 1. The fourth-order valence-corrected chi connectivity index (χ4v) is 3.64. The molecular formula is C20H21NO2. The summed E-state index contributed by atoms with van der Waals surface area (Å²) in [5, 5.41) is 0. The van der Waals surface area contributed by atoms with Crippen LogP contribution in [0.4, 0.5) is 0 Å². The summed E-state index contributed by atoms with van der Waals surface area (Å²) in [6.45, 7) is 1.46. The van der Waals surface area contributed by atoms with Crippen molar-refractivity contribution in [3.05, 3.63) is 57.4 Å². The van der Waals surface area contributed by atoms with Gasteiger partial charge in [0.2, 0.25) is 0 Å². The van der Waals surface area contributed by atoms with Gasteiger partial charge in [-0.25, -0.2) is 0 Å². The van der Waals surface area contributed by atoms with Crippen molar-refractivity contribution in [1.29, 1.82) is 0 Å². The molecular weight excluding hydrogens is 286 g/mol. The van der Waals surface area contributed by atoms with E-state index in [2.05, 4.69) is 18.2 Å². The first-order valence-electron chi connectivity index (χ1n) is 8.54. The molecule has 1 heterocycles. The Morgan fingerprint density at radius 1 is 1.04 bits per heavy atom. The van der Waals surface area contributed by atoms with E-state index in [0.717, 1.165) is 36.9 Å². The Labute approximate surface area is 136 Å². The van der Waals surface area contributed by atoms with Crippen LogP contribution < -0.4 is 5.56 Å². The van der Waals surface area contributed by atoms with Crippen LogP contribution in [0, 0.1) is 0 Å². The molecule has 0 radical (unpaired) electrons. The first kappa shape index (κ1) is 14.4. The minimum atomic E-state index is -0.151. The number of aryl methyl sites for hydroxylation is 2. The first-order chi connectivity index (χ1) is 11.1. The van der Waals surface area contributed by atoms with Gasteiger partial charge in [0.25, 0.3) is 5.56 Å². The number of ketones is 1. The molecule has 118 valence electrons. The Kier molecular flexibility index (Phi) is 3.44. The number of hydrogen-bond acceptors (Lipinski definition) is 2. The third-order valence-electron chi connectivity index (χ3n) is 5.05. The Bertz CT molecular complexity index is 843. The molecule has 1 fully saturated rings. The number of hydrogen-bond donors (Lipinski definition) is 0. The Morgan fingerprint density at radius 3 is 2.48 bits per heavy atom. The molecule has 1 aromatic heterocycles. The van der Waals surface area contributed by atoms with E-state index >= 15 is 0 Å². The summed E-state index contributed by atoms with van der Waals surface area (Å²) in [5.41, 5.74) is 5.09. The average Bonchev–Trinajstić information content (AvgIpc) is 3.38. The lowest BCUT2D eigenvalue weighted by molar-refractivity contribution is 0.101.